The van der Waals surface area contributed by atoms with Gasteiger partial charge in [-0.1, -0.05) is 13.8 Å². The highest BCUT2D eigenvalue weighted by Gasteiger charge is 2.45. The van der Waals surface area contributed by atoms with Gasteiger partial charge in [0.15, 0.2) is 28.9 Å². The van der Waals surface area contributed by atoms with E-state index in [2.05, 4.69) is 0 Å². The summed E-state index contributed by atoms with van der Waals surface area (Å²) >= 11 is 0. The smallest absolute Gasteiger partial charge is 0.343 e. The largest absolute Gasteiger partial charge is 0.489 e. The van der Waals surface area contributed by atoms with Crippen LogP contribution in [0.5, 0.6) is 5.75 Å². The van der Waals surface area contributed by atoms with Crippen LogP contribution in [0.1, 0.15) is 48.1 Å². The summed E-state index contributed by atoms with van der Waals surface area (Å²) in [5.41, 5.74) is -0.130. The van der Waals surface area contributed by atoms with Gasteiger partial charge in [0.05, 0.1) is 34.6 Å². The van der Waals surface area contributed by atoms with E-state index in [4.69, 9.17) is 14.5 Å². The van der Waals surface area contributed by atoms with E-state index in [1.54, 1.807) is 25.1 Å². The Kier molecular flexibility index (Phi) is 6.14. The molecule has 1 N–H and O–H groups in total. The molecule has 41 heavy (non-hydrogen) atoms. The van der Waals surface area contributed by atoms with Gasteiger partial charge < -0.3 is 19.1 Å². The summed E-state index contributed by atoms with van der Waals surface area (Å²) in [6.45, 7) is 2.49. The zero-order valence-electron chi connectivity index (χ0n) is 21.7. The average molecular weight is 572 g/mol. The van der Waals surface area contributed by atoms with Crippen LogP contribution < -0.4 is 10.3 Å². The Morgan fingerprint density at radius 1 is 0.976 bits per heavy atom. The highest BCUT2D eigenvalue weighted by Crippen LogP contribution is 2.41. The van der Waals surface area contributed by atoms with Gasteiger partial charge >= 0.3 is 5.97 Å². The number of aromatic nitrogens is 2. The maximum absolute atomic E-state index is 14.1. The topological polar surface area (TPSA) is 90.6 Å². The van der Waals surface area contributed by atoms with E-state index in [0.29, 0.717) is 28.7 Å². The molecule has 1 atom stereocenters. The lowest BCUT2D eigenvalue weighted by atomic mass is 9.86. The number of esters is 1. The average Bonchev–Trinajstić information content (AvgIpc) is 3.34. The zero-order valence-corrected chi connectivity index (χ0v) is 21.7. The van der Waals surface area contributed by atoms with Gasteiger partial charge in [-0.25, -0.2) is 31.7 Å². The second-order valence-electron chi connectivity index (χ2n) is 9.89. The third-order valence-electron chi connectivity index (χ3n) is 7.81. The van der Waals surface area contributed by atoms with Crippen molar-refractivity contribution >= 4 is 16.9 Å². The second kappa shape index (κ2) is 9.37. The molecule has 0 radical (unpaired) electrons. The highest BCUT2D eigenvalue weighted by atomic mass is 19.2. The molecule has 0 spiro atoms. The molecule has 0 saturated carbocycles. The van der Waals surface area contributed by atoms with Gasteiger partial charge in [0, 0.05) is 16.5 Å². The molecule has 212 valence electrons. The van der Waals surface area contributed by atoms with E-state index in [0.717, 1.165) is 11.1 Å². The highest BCUT2D eigenvalue weighted by molar-refractivity contribution is 5.90. The Morgan fingerprint density at radius 2 is 1.66 bits per heavy atom. The summed E-state index contributed by atoms with van der Waals surface area (Å²) in [4.78, 5) is 30.6. The van der Waals surface area contributed by atoms with Crippen molar-refractivity contribution < 1.29 is 41.3 Å². The van der Waals surface area contributed by atoms with Crippen molar-refractivity contribution in [2.45, 2.75) is 52.0 Å². The molecule has 0 fully saturated rings. The number of halogens is 5. The number of cyclic esters (lactones) is 1. The normalized spacial score (nSPS) is 17.3. The minimum absolute atomic E-state index is 0.00766. The molecule has 2 aliphatic rings. The molecule has 4 heterocycles. The monoisotopic (exact) mass is 572 g/mol. The molecule has 6 rings (SSSR count). The van der Waals surface area contributed by atoms with E-state index in [1.165, 1.54) is 10.6 Å². The minimum Gasteiger partial charge on any atom is -0.489 e. The van der Waals surface area contributed by atoms with Crippen molar-refractivity contribution in [1.29, 1.82) is 0 Å². The van der Waals surface area contributed by atoms with Gasteiger partial charge in [0.1, 0.15) is 19.0 Å². The molecular formula is C29H21F5N2O5. The number of carbonyl (C=O) groups is 1. The number of hydrogen-bond acceptors (Lipinski definition) is 6. The van der Waals surface area contributed by atoms with Gasteiger partial charge in [-0.05, 0) is 42.7 Å². The number of aliphatic hydroxyl groups is 1. The molecular weight excluding hydrogens is 551 g/mol. The second-order valence-corrected chi connectivity index (χ2v) is 9.89. The first kappa shape index (κ1) is 26.9. The van der Waals surface area contributed by atoms with Crippen LogP contribution in [0.3, 0.4) is 0 Å². The van der Waals surface area contributed by atoms with E-state index in [1.807, 2.05) is 6.92 Å². The zero-order chi connectivity index (χ0) is 29.4. The van der Waals surface area contributed by atoms with E-state index in [9.17, 15) is 36.6 Å². The molecule has 7 nitrogen and oxygen atoms in total. The Labute approximate surface area is 228 Å². The maximum Gasteiger partial charge on any atom is 0.343 e. The minimum atomic E-state index is -2.25. The van der Waals surface area contributed by atoms with Crippen molar-refractivity contribution in [1.82, 2.24) is 9.55 Å². The third kappa shape index (κ3) is 3.77. The number of fused-ring (bicyclic) bond motifs is 5. The molecule has 4 aromatic rings. The van der Waals surface area contributed by atoms with Crippen molar-refractivity contribution in [3.05, 3.63) is 91.5 Å². The molecule has 2 aromatic carbocycles. The first-order valence-corrected chi connectivity index (χ1v) is 12.8. The van der Waals surface area contributed by atoms with Gasteiger partial charge in [-0.15, -0.1) is 0 Å². The summed E-state index contributed by atoms with van der Waals surface area (Å²) in [6.07, 6.45) is 0.499. The van der Waals surface area contributed by atoms with Crippen LogP contribution in [0, 0.1) is 29.1 Å². The van der Waals surface area contributed by atoms with Crippen LogP contribution in [0.25, 0.3) is 22.3 Å². The molecule has 0 saturated heterocycles. The number of nitrogens with zero attached hydrogens (tertiary/aromatic N) is 2. The quantitative estimate of drug-likeness (QED) is 0.139. The lowest BCUT2D eigenvalue weighted by molar-refractivity contribution is -0.172. The lowest BCUT2D eigenvalue weighted by Gasteiger charge is -2.31. The standard InChI is InChI=1S/C29H21F5N2O5/c1-3-13-14-7-12(40-11-17-21(30)23(32)25(34)24(33)22(17)31)5-6-19(14)35-26-15(13)9-36-20(26)8-18-16(27(36)37)10-41-28(38)29(18,39)4-2/h5-8,39H,3-4,9-11H2,1-2H3. The van der Waals surface area contributed by atoms with Crippen LogP contribution in [0.2, 0.25) is 0 Å². The fraction of sp³-hybridized carbons (Fsp3) is 0.276. The van der Waals surface area contributed by atoms with Crippen molar-refractivity contribution in [3.63, 3.8) is 0 Å². The summed E-state index contributed by atoms with van der Waals surface area (Å²) in [7, 11) is 0. The number of pyridine rings is 2. The van der Waals surface area contributed by atoms with Crippen LogP contribution in [0.4, 0.5) is 22.0 Å². The van der Waals surface area contributed by atoms with Crippen molar-refractivity contribution in [2.24, 2.45) is 0 Å². The fourth-order valence-electron chi connectivity index (χ4n) is 5.57. The molecule has 1 unspecified atom stereocenters. The number of rotatable bonds is 5. The first-order chi connectivity index (χ1) is 19.5. The predicted molar refractivity (Wildman–Crippen MR) is 134 cm³/mol. The molecule has 0 amide bonds. The molecule has 0 bridgehead atoms. The van der Waals surface area contributed by atoms with Crippen molar-refractivity contribution in [2.75, 3.05) is 0 Å². The third-order valence-corrected chi connectivity index (χ3v) is 7.81. The summed E-state index contributed by atoms with van der Waals surface area (Å²) < 4.78 is 80.8. The Hall–Kier alpha value is -4.32. The molecule has 2 aliphatic heterocycles. The van der Waals surface area contributed by atoms with Crippen LogP contribution in [-0.2, 0) is 41.3 Å². The first-order valence-electron chi connectivity index (χ1n) is 12.8. The van der Waals surface area contributed by atoms with Gasteiger partial charge in [-0.3, -0.25) is 4.79 Å². The Bertz CT molecular complexity index is 1840. The number of aryl methyl sites for hydroxylation is 1. The van der Waals surface area contributed by atoms with E-state index >= 15 is 0 Å². The molecule has 2 aromatic heterocycles. The maximum atomic E-state index is 14.1. The number of benzene rings is 2. The number of ether oxygens (including phenoxy) is 2. The number of hydrogen-bond donors (Lipinski definition) is 1. The van der Waals surface area contributed by atoms with Gasteiger partial charge in [0.2, 0.25) is 5.82 Å². The van der Waals surface area contributed by atoms with Crippen molar-refractivity contribution in [3.8, 4) is 17.1 Å². The number of carbonyl (C=O) groups excluding carboxylic acids is 1. The van der Waals surface area contributed by atoms with Gasteiger partial charge in [0.25, 0.3) is 5.56 Å². The predicted octanol–water partition coefficient (Wildman–Crippen LogP) is 4.92. The molecule has 12 heteroatoms. The van der Waals surface area contributed by atoms with Crippen LogP contribution in [-0.4, -0.2) is 20.6 Å². The Balaban J connectivity index is 1.43. The summed E-state index contributed by atoms with van der Waals surface area (Å²) in [5, 5.41) is 11.7. The van der Waals surface area contributed by atoms with Gasteiger partial charge in [-0.2, -0.15) is 0 Å². The van der Waals surface area contributed by atoms with Crippen LogP contribution >= 0.6 is 0 Å². The lowest BCUT2D eigenvalue weighted by Crippen LogP contribution is -2.44. The summed E-state index contributed by atoms with van der Waals surface area (Å²) in [5.74, 6) is -11.0. The SMILES string of the molecule is CCc1c2c(nc3ccc(OCc4c(F)c(F)c(F)c(F)c4F)cc13)-c1cc3c(c(=O)n1C2)COC(=O)C3(O)CC. The van der Waals surface area contributed by atoms with Crippen LogP contribution in [0.15, 0.2) is 29.1 Å². The van der Waals surface area contributed by atoms with E-state index in [-0.39, 0.29) is 36.4 Å². The fourth-order valence-corrected chi connectivity index (χ4v) is 5.57. The Morgan fingerprint density at radius 3 is 2.32 bits per heavy atom. The summed E-state index contributed by atoms with van der Waals surface area (Å²) in [6, 6.07) is 6.16. The molecule has 0 aliphatic carbocycles. The van der Waals surface area contributed by atoms with E-state index < -0.39 is 58.4 Å².